The van der Waals surface area contributed by atoms with Crippen LogP contribution in [0.3, 0.4) is 0 Å². The van der Waals surface area contributed by atoms with Gasteiger partial charge in [0.25, 0.3) is 0 Å². The summed E-state index contributed by atoms with van der Waals surface area (Å²) >= 11 is 6.12. The number of aromatic nitrogens is 1. The Morgan fingerprint density at radius 1 is 1.25 bits per heavy atom. The Morgan fingerprint density at radius 2 is 2.05 bits per heavy atom. The fourth-order valence-electron chi connectivity index (χ4n) is 1.68. The van der Waals surface area contributed by atoms with Crippen molar-refractivity contribution in [3.05, 3.63) is 47.0 Å². The summed E-state index contributed by atoms with van der Waals surface area (Å²) in [5.41, 5.74) is 1.26. The summed E-state index contributed by atoms with van der Waals surface area (Å²) in [5, 5.41) is 15.7. The number of pyridine rings is 1. The average Bonchev–Trinajstić information content (AvgIpc) is 2.47. The lowest BCUT2D eigenvalue weighted by Crippen LogP contribution is -2.03. The van der Waals surface area contributed by atoms with Gasteiger partial charge in [0, 0.05) is 6.54 Å². The molecular weight excluding hydrogens is 272 g/mol. The Labute approximate surface area is 123 Å². The largest absolute Gasteiger partial charge is 0.370 e. The maximum Gasteiger partial charge on any atom is 0.132 e. The third kappa shape index (κ3) is 3.62. The molecule has 0 aliphatic heterocycles. The van der Waals surface area contributed by atoms with Gasteiger partial charge in [0.05, 0.1) is 22.3 Å². The average molecular weight is 287 g/mol. The number of nitriles is 1. The Morgan fingerprint density at radius 3 is 2.75 bits per heavy atom. The fourth-order valence-corrected chi connectivity index (χ4v) is 1.91. The van der Waals surface area contributed by atoms with Crippen LogP contribution in [0.25, 0.3) is 0 Å². The normalized spacial score (nSPS) is 9.85. The standard InChI is InChI=1S/C15H15ClN4/c1-2-8-18-14-4-3-5-15(20-14)19-13-7-6-11(10-17)9-12(13)16/h3-7,9H,2,8H2,1H3,(H2,18,19,20). The Bertz CT molecular complexity index is 634. The van der Waals surface area contributed by atoms with Crippen LogP contribution in [0.5, 0.6) is 0 Å². The number of rotatable bonds is 5. The van der Waals surface area contributed by atoms with Gasteiger partial charge in [-0.15, -0.1) is 0 Å². The van der Waals surface area contributed by atoms with E-state index in [2.05, 4.69) is 28.6 Å². The van der Waals surface area contributed by atoms with E-state index in [9.17, 15) is 0 Å². The first-order valence-electron chi connectivity index (χ1n) is 6.40. The second kappa shape index (κ2) is 6.78. The lowest BCUT2D eigenvalue weighted by atomic mass is 10.2. The zero-order valence-electron chi connectivity index (χ0n) is 11.2. The summed E-state index contributed by atoms with van der Waals surface area (Å²) < 4.78 is 0. The molecule has 0 fully saturated rings. The highest BCUT2D eigenvalue weighted by molar-refractivity contribution is 6.33. The molecule has 0 saturated carbocycles. The molecule has 0 bridgehead atoms. The first-order valence-corrected chi connectivity index (χ1v) is 6.78. The minimum Gasteiger partial charge on any atom is -0.370 e. The maximum atomic E-state index is 8.81. The molecule has 5 heteroatoms. The van der Waals surface area contributed by atoms with Crippen LogP contribution < -0.4 is 10.6 Å². The molecule has 4 nitrogen and oxygen atoms in total. The fraction of sp³-hybridized carbons (Fsp3) is 0.200. The summed E-state index contributed by atoms with van der Waals surface area (Å²) in [5.74, 6) is 1.53. The number of nitrogens with one attached hydrogen (secondary N) is 2. The number of hydrogen-bond donors (Lipinski definition) is 2. The van der Waals surface area contributed by atoms with Crippen molar-refractivity contribution in [1.82, 2.24) is 4.98 Å². The van der Waals surface area contributed by atoms with Crippen LogP contribution in [-0.2, 0) is 0 Å². The molecule has 102 valence electrons. The molecule has 20 heavy (non-hydrogen) atoms. The van der Waals surface area contributed by atoms with Gasteiger partial charge in [0.2, 0.25) is 0 Å². The molecule has 0 saturated heterocycles. The lowest BCUT2D eigenvalue weighted by molar-refractivity contribution is 0.970. The molecule has 2 N–H and O–H groups in total. The molecule has 0 spiro atoms. The van der Waals surface area contributed by atoms with Crippen molar-refractivity contribution in [3.63, 3.8) is 0 Å². The number of nitrogens with zero attached hydrogens (tertiary/aromatic N) is 2. The van der Waals surface area contributed by atoms with Crippen molar-refractivity contribution in [2.24, 2.45) is 0 Å². The van der Waals surface area contributed by atoms with Crippen LogP contribution in [0.2, 0.25) is 5.02 Å². The minimum absolute atomic E-state index is 0.498. The summed E-state index contributed by atoms with van der Waals surface area (Å²) in [6.45, 7) is 2.99. The van der Waals surface area contributed by atoms with Crippen LogP contribution in [0.4, 0.5) is 17.3 Å². The molecule has 0 unspecified atom stereocenters. The van der Waals surface area contributed by atoms with Crippen LogP contribution in [0.1, 0.15) is 18.9 Å². The Hall–Kier alpha value is -2.25. The minimum atomic E-state index is 0.498. The third-order valence-corrected chi connectivity index (χ3v) is 2.98. The van der Waals surface area contributed by atoms with Gasteiger partial charge in [-0.1, -0.05) is 24.6 Å². The summed E-state index contributed by atoms with van der Waals surface area (Å²) in [6, 6.07) is 12.9. The van der Waals surface area contributed by atoms with E-state index < -0.39 is 0 Å². The Kier molecular flexibility index (Phi) is 4.80. The van der Waals surface area contributed by atoms with Gasteiger partial charge in [-0.2, -0.15) is 5.26 Å². The van der Waals surface area contributed by atoms with Crippen molar-refractivity contribution >= 4 is 28.9 Å². The lowest BCUT2D eigenvalue weighted by Gasteiger charge is -2.10. The maximum absolute atomic E-state index is 8.81. The van der Waals surface area contributed by atoms with E-state index in [4.69, 9.17) is 16.9 Å². The molecule has 0 radical (unpaired) electrons. The number of halogens is 1. The van der Waals surface area contributed by atoms with E-state index >= 15 is 0 Å². The predicted octanol–water partition coefficient (Wildman–Crippen LogP) is 4.17. The van der Waals surface area contributed by atoms with E-state index in [1.807, 2.05) is 18.2 Å². The van der Waals surface area contributed by atoms with Crippen LogP contribution in [-0.4, -0.2) is 11.5 Å². The van der Waals surface area contributed by atoms with E-state index in [-0.39, 0.29) is 0 Å². The SMILES string of the molecule is CCCNc1cccc(Nc2ccc(C#N)cc2Cl)n1. The summed E-state index contributed by atoms with van der Waals surface area (Å²) in [4.78, 5) is 4.44. The highest BCUT2D eigenvalue weighted by Crippen LogP contribution is 2.26. The van der Waals surface area contributed by atoms with Gasteiger partial charge < -0.3 is 10.6 Å². The molecule has 2 aromatic rings. The highest BCUT2D eigenvalue weighted by Gasteiger charge is 2.03. The molecule has 2 rings (SSSR count). The quantitative estimate of drug-likeness (QED) is 0.866. The first-order chi connectivity index (χ1) is 9.72. The molecule has 1 aromatic heterocycles. The smallest absolute Gasteiger partial charge is 0.132 e. The van der Waals surface area contributed by atoms with E-state index in [0.29, 0.717) is 16.4 Å². The van der Waals surface area contributed by atoms with Crippen molar-refractivity contribution < 1.29 is 0 Å². The number of benzene rings is 1. The molecular formula is C15H15ClN4. The molecule has 0 aliphatic carbocycles. The third-order valence-electron chi connectivity index (χ3n) is 2.67. The zero-order valence-corrected chi connectivity index (χ0v) is 11.9. The second-order valence-corrected chi connectivity index (χ2v) is 4.67. The van der Waals surface area contributed by atoms with Gasteiger partial charge >= 0.3 is 0 Å². The van der Waals surface area contributed by atoms with Crippen molar-refractivity contribution in [2.75, 3.05) is 17.2 Å². The van der Waals surface area contributed by atoms with Gasteiger partial charge in [-0.3, -0.25) is 0 Å². The van der Waals surface area contributed by atoms with Crippen molar-refractivity contribution in [2.45, 2.75) is 13.3 Å². The predicted molar refractivity (Wildman–Crippen MR) is 82.5 cm³/mol. The van der Waals surface area contributed by atoms with Gasteiger partial charge in [-0.25, -0.2) is 4.98 Å². The summed E-state index contributed by atoms with van der Waals surface area (Å²) in [6.07, 6.45) is 1.04. The first kappa shape index (κ1) is 14.2. The van der Waals surface area contributed by atoms with E-state index in [0.717, 1.165) is 24.5 Å². The number of hydrogen-bond acceptors (Lipinski definition) is 4. The van der Waals surface area contributed by atoms with Crippen molar-refractivity contribution in [1.29, 1.82) is 5.26 Å². The van der Waals surface area contributed by atoms with Crippen LogP contribution >= 0.6 is 11.6 Å². The van der Waals surface area contributed by atoms with Crippen LogP contribution in [0, 0.1) is 11.3 Å². The van der Waals surface area contributed by atoms with Crippen molar-refractivity contribution in [3.8, 4) is 6.07 Å². The number of anilines is 3. The molecule has 0 amide bonds. The molecule has 1 aromatic carbocycles. The molecule has 0 atom stereocenters. The van der Waals surface area contributed by atoms with Crippen LogP contribution in [0.15, 0.2) is 36.4 Å². The Balaban J connectivity index is 2.15. The van der Waals surface area contributed by atoms with Gasteiger partial charge in [0.1, 0.15) is 11.6 Å². The van der Waals surface area contributed by atoms with Gasteiger partial charge in [-0.05, 0) is 36.8 Å². The van der Waals surface area contributed by atoms with E-state index in [1.165, 1.54) is 0 Å². The monoisotopic (exact) mass is 286 g/mol. The second-order valence-electron chi connectivity index (χ2n) is 4.27. The highest BCUT2D eigenvalue weighted by atomic mass is 35.5. The van der Waals surface area contributed by atoms with E-state index in [1.54, 1.807) is 18.2 Å². The topological polar surface area (TPSA) is 60.7 Å². The van der Waals surface area contributed by atoms with Gasteiger partial charge in [0.15, 0.2) is 0 Å². The zero-order chi connectivity index (χ0) is 14.4. The molecule has 0 aliphatic rings. The summed E-state index contributed by atoms with van der Waals surface area (Å²) in [7, 11) is 0. The molecule has 1 heterocycles.